The molecule has 5 heteroatoms. The standard InChI is InChI=1S/C16H22O5/c1-5-8(3)14(19)12-10(17)7-11(18)13(16(12)21)15(20)9(4)6-2/h7-9,17-18,21H,5-6H2,1-4H3/t8-,9-/m1/s1. The van der Waals surface area contributed by atoms with Crippen LogP contribution in [0.25, 0.3) is 0 Å². The molecule has 0 fully saturated rings. The predicted octanol–water partition coefficient (Wildman–Crippen LogP) is 3.26. The summed E-state index contributed by atoms with van der Waals surface area (Å²) in [6.07, 6.45) is 1.07. The Bertz CT molecular complexity index is 516. The van der Waals surface area contributed by atoms with Gasteiger partial charge in [0.15, 0.2) is 11.6 Å². The summed E-state index contributed by atoms with van der Waals surface area (Å²) in [5, 5.41) is 29.9. The smallest absolute Gasteiger partial charge is 0.173 e. The molecule has 116 valence electrons. The number of rotatable bonds is 6. The summed E-state index contributed by atoms with van der Waals surface area (Å²) in [4.78, 5) is 24.5. The molecule has 1 rings (SSSR count). The van der Waals surface area contributed by atoms with Crippen LogP contribution in [0.5, 0.6) is 17.2 Å². The number of hydrogen-bond acceptors (Lipinski definition) is 5. The Hall–Kier alpha value is -2.04. The fourth-order valence-electron chi connectivity index (χ4n) is 1.99. The molecule has 1 aromatic carbocycles. The van der Waals surface area contributed by atoms with E-state index in [0.717, 1.165) is 6.07 Å². The van der Waals surface area contributed by atoms with E-state index in [0.29, 0.717) is 12.8 Å². The Morgan fingerprint density at radius 1 is 0.905 bits per heavy atom. The molecule has 0 saturated carbocycles. The molecule has 0 unspecified atom stereocenters. The maximum absolute atomic E-state index is 12.2. The van der Waals surface area contributed by atoms with Crippen LogP contribution in [-0.2, 0) is 0 Å². The van der Waals surface area contributed by atoms with Gasteiger partial charge in [0.05, 0.1) is 0 Å². The van der Waals surface area contributed by atoms with Crippen molar-refractivity contribution in [1.29, 1.82) is 0 Å². The van der Waals surface area contributed by atoms with Crippen molar-refractivity contribution < 1.29 is 24.9 Å². The van der Waals surface area contributed by atoms with E-state index in [4.69, 9.17) is 0 Å². The second-order valence-electron chi connectivity index (χ2n) is 5.36. The van der Waals surface area contributed by atoms with E-state index in [2.05, 4.69) is 0 Å². The van der Waals surface area contributed by atoms with Crippen molar-refractivity contribution in [3.05, 3.63) is 17.2 Å². The van der Waals surface area contributed by atoms with Gasteiger partial charge in [0.2, 0.25) is 0 Å². The summed E-state index contributed by atoms with van der Waals surface area (Å²) in [5.41, 5.74) is -0.595. The average Bonchev–Trinajstić information content (AvgIpc) is 2.44. The van der Waals surface area contributed by atoms with Crippen LogP contribution in [0.2, 0.25) is 0 Å². The highest BCUT2D eigenvalue weighted by Gasteiger charge is 2.29. The number of benzene rings is 1. The van der Waals surface area contributed by atoms with Gasteiger partial charge in [0, 0.05) is 17.9 Å². The molecule has 0 bridgehead atoms. The van der Waals surface area contributed by atoms with Gasteiger partial charge < -0.3 is 15.3 Å². The third kappa shape index (κ3) is 3.17. The Balaban J connectivity index is 3.49. The topological polar surface area (TPSA) is 94.8 Å². The maximum atomic E-state index is 12.2. The third-order valence-electron chi connectivity index (χ3n) is 3.87. The summed E-state index contributed by atoms with van der Waals surface area (Å²) in [6, 6.07) is 0.935. The van der Waals surface area contributed by atoms with Crippen LogP contribution < -0.4 is 0 Å². The number of aromatic hydroxyl groups is 3. The van der Waals surface area contributed by atoms with E-state index >= 15 is 0 Å². The lowest BCUT2D eigenvalue weighted by molar-refractivity contribution is 0.0918. The second kappa shape index (κ2) is 6.61. The minimum atomic E-state index is -0.636. The average molecular weight is 294 g/mol. The number of phenols is 3. The Kier molecular flexibility index (Phi) is 5.35. The van der Waals surface area contributed by atoms with Crippen molar-refractivity contribution in [2.24, 2.45) is 11.8 Å². The van der Waals surface area contributed by atoms with E-state index in [-0.39, 0.29) is 11.1 Å². The quantitative estimate of drug-likeness (QED) is 0.700. The molecular weight excluding hydrogens is 272 g/mol. The molecule has 0 aliphatic heterocycles. The van der Waals surface area contributed by atoms with Gasteiger partial charge in [0.25, 0.3) is 0 Å². The third-order valence-corrected chi connectivity index (χ3v) is 3.87. The lowest BCUT2D eigenvalue weighted by Crippen LogP contribution is -2.15. The molecule has 0 aliphatic rings. The Morgan fingerprint density at radius 3 is 1.52 bits per heavy atom. The number of ketones is 2. The van der Waals surface area contributed by atoms with Crippen LogP contribution in [0.4, 0.5) is 0 Å². The molecule has 5 nitrogen and oxygen atoms in total. The molecule has 0 aliphatic carbocycles. The summed E-state index contributed by atoms with van der Waals surface area (Å²) < 4.78 is 0. The number of carbonyl (C=O) groups excluding carboxylic acids is 2. The van der Waals surface area contributed by atoms with Crippen molar-refractivity contribution in [2.45, 2.75) is 40.5 Å². The molecule has 2 atom stereocenters. The van der Waals surface area contributed by atoms with Crippen LogP contribution >= 0.6 is 0 Å². The highest BCUT2D eigenvalue weighted by atomic mass is 16.3. The first kappa shape index (κ1) is 17.0. The van der Waals surface area contributed by atoms with E-state index < -0.39 is 40.7 Å². The number of hydrogen-bond donors (Lipinski definition) is 3. The zero-order valence-electron chi connectivity index (χ0n) is 12.8. The van der Waals surface area contributed by atoms with E-state index in [1.165, 1.54) is 0 Å². The molecule has 0 heterocycles. The highest BCUT2D eigenvalue weighted by Crippen LogP contribution is 2.40. The lowest BCUT2D eigenvalue weighted by atomic mass is 9.89. The zero-order chi connectivity index (χ0) is 16.3. The molecule has 21 heavy (non-hydrogen) atoms. The van der Waals surface area contributed by atoms with Crippen LogP contribution in [0.1, 0.15) is 61.3 Å². The summed E-state index contributed by atoms with van der Waals surface area (Å²) in [7, 11) is 0. The summed E-state index contributed by atoms with van der Waals surface area (Å²) in [6.45, 7) is 6.96. The molecule has 3 N–H and O–H groups in total. The van der Waals surface area contributed by atoms with E-state index in [1.54, 1.807) is 13.8 Å². The first-order valence-corrected chi connectivity index (χ1v) is 7.12. The van der Waals surface area contributed by atoms with Crippen molar-refractivity contribution in [3.63, 3.8) is 0 Å². The van der Waals surface area contributed by atoms with Crippen molar-refractivity contribution in [1.82, 2.24) is 0 Å². The SMILES string of the molecule is CC[C@@H](C)C(=O)c1c(O)cc(O)c(C(=O)[C@H](C)CC)c1O. The van der Waals surface area contributed by atoms with Gasteiger partial charge in [-0.2, -0.15) is 0 Å². The van der Waals surface area contributed by atoms with Crippen LogP contribution in [0, 0.1) is 11.8 Å². The Labute approximate surface area is 124 Å². The molecule has 0 radical (unpaired) electrons. The largest absolute Gasteiger partial charge is 0.507 e. The van der Waals surface area contributed by atoms with Crippen molar-refractivity contribution >= 4 is 11.6 Å². The number of carbonyl (C=O) groups is 2. The summed E-state index contributed by atoms with van der Waals surface area (Å²) in [5.74, 6) is -3.39. The van der Waals surface area contributed by atoms with Gasteiger partial charge in [-0.1, -0.05) is 27.7 Å². The van der Waals surface area contributed by atoms with Crippen molar-refractivity contribution in [3.8, 4) is 17.2 Å². The van der Waals surface area contributed by atoms with Crippen LogP contribution in [0.15, 0.2) is 6.07 Å². The maximum Gasteiger partial charge on any atom is 0.173 e. The van der Waals surface area contributed by atoms with Gasteiger partial charge in [-0.05, 0) is 12.8 Å². The first-order chi connectivity index (χ1) is 9.76. The second-order valence-corrected chi connectivity index (χ2v) is 5.36. The van der Waals surface area contributed by atoms with Crippen LogP contribution in [0.3, 0.4) is 0 Å². The molecule has 0 saturated heterocycles. The van der Waals surface area contributed by atoms with Gasteiger partial charge in [-0.25, -0.2) is 0 Å². The normalized spacial score (nSPS) is 13.7. The number of Topliss-reactive ketones (excluding diaryl/α,β-unsaturated/α-hetero) is 2. The van der Waals surface area contributed by atoms with Gasteiger partial charge >= 0.3 is 0 Å². The molecular formula is C16H22O5. The number of phenolic OH excluding ortho intramolecular Hbond substituents is 3. The van der Waals surface area contributed by atoms with E-state index in [1.807, 2.05) is 13.8 Å². The van der Waals surface area contributed by atoms with E-state index in [9.17, 15) is 24.9 Å². The fourth-order valence-corrected chi connectivity index (χ4v) is 1.99. The monoisotopic (exact) mass is 294 g/mol. The fraction of sp³-hybridized carbons (Fsp3) is 0.500. The van der Waals surface area contributed by atoms with Crippen molar-refractivity contribution in [2.75, 3.05) is 0 Å². The Morgan fingerprint density at radius 2 is 1.24 bits per heavy atom. The van der Waals surface area contributed by atoms with Gasteiger partial charge in [0.1, 0.15) is 28.4 Å². The molecule has 0 spiro atoms. The first-order valence-electron chi connectivity index (χ1n) is 7.12. The van der Waals surface area contributed by atoms with Gasteiger partial charge in [-0.3, -0.25) is 9.59 Å². The molecule has 0 amide bonds. The minimum absolute atomic E-state index is 0.297. The minimum Gasteiger partial charge on any atom is -0.507 e. The molecule has 0 aromatic heterocycles. The highest BCUT2D eigenvalue weighted by molar-refractivity contribution is 6.09. The predicted molar refractivity (Wildman–Crippen MR) is 79.0 cm³/mol. The van der Waals surface area contributed by atoms with Crippen LogP contribution in [-0.4, -0.2) is 26.9 Å². The molecule has 1 aromatic rings. The van der Waals surface area contributed by atoms with Gasteiger partial charge in [-0.15, -0.1) is 0 Å². The lowest BCUT2D eigenvalue weighted by Gasteiger charge is -2.16. The summed E-state index contributed by atoms with van der Waals surface area (Å²) >= 11 is 0. The zero-order valence-corrected chi connectivity index (χ0v) is 12.8.